The lowest BCUT2D eigenvalue weighted by Crippen LogP contribution is -2.27. The standard InChI is InChI=1S/C38H50N3P/c1-27-14-12-15-28(2)36(27)26-31(5)39-32-22-24-33(25-23-32)40-38(41-37-29(3)16-13-17-30(37)4)42(34-18-8-6-9-19-34)35-20-10-7-11-21-35/h12-17,22-25,34-35H,6-11,18-21,26H2,1-5H3,(H,40,41). The fourth-order valence-electron chi connectivity index (χ4n) is 6.99. The molecule has 42 heavy (non-hydrogen) atoms. The van der Waals surface area contributed by atoms with E-state index in [0.717, 1.165) is 40.5 Å². The number of para-hydroxylation sites is 1. The number of aliphatic imine (C=N–C) groups is 2. The highest BCUT2D eigenvalue weighted by Gasteiger charge is 2.35. The predicted molar refractivity (Wildman–Crippen MR) is 186 cm³/mol. The zero-order chi connectivity index (χ0) is 29.5. The van der Waals surface area contributed by atoms with Crippen LogP contribution in [0.15, 0.2) is 70.6 Å². The average Bonchev–Trinajstić information content (AvgIpc) is 2.99. The fourth-order valence-corrected chi connectivity index (χ4v) is 10.6. The van der Waals surface area contributed by atoms with Gasteiger partial charge in [-0.05, 0) is 132 Å². The zero-order valence-corrected chi connectivity index (χ0v) is 27.4. The summed E-state index contributed by atoms with van der Waals surface area (Å²) in [4.78, 5) is 10.5. The van der Waals surface area contributed by atoms with Crippen molar-refractivity contribution in [2.24, 2.45) is 9.98 Å². The molecule has 5 rings (SSSR count). The van der Waals surface area contributed by atoms with Crippen molar-refractivity contribution in [3.63, 3.8) is 0 Å². The molecule has 0 bridgehead atoms. The minimum absolute atomic E-state index is 0.378. The van der Waals surface area contributed by atoms with Gasteiger partial charge in [-0.15, -0.1) is 0 Å². The first-order chi connectivity index (χ1) is 20.4. The molecule has 0 heterocycles. The van der Waals surface area contributed by atoms with E-state index < -0.39 is 0 Å². The van der Waals surface area contributed by atoms with Crippen molar-refractivity contribution in [3.05, 3.63) is 88.5 Å². The van der Waals surface area contributed by atoms with Crippen molar-refractivity contribution in [3.8, 4) is 0 Å². The summed E-state index contributed by atoms with van der Waals surface area (Å²) in [6.45, 7) is 11.0. The summed E-state index contributed by atoms with van der Waals surface area (Å²) in [7, 11) is -0.378. The Hall–Kier alpha value is -2.77. The van der Waals surface area contributed by atoms with E-state index in [-0.39, 0.29) is 7.92 Å². The summed E-state index contributed by atoms with van der Waals surface area (Å²) < 4.78 is 0. The molecule has 3 nitrogen and oxygen atoms in total. The van der Waals surface area contributed by atoms with Crippen molar-refractivity contribution in [1.82, 2.24) is 0 Å². The van der Waals surface area contributed by atoms with Gasteiger partial charge in [0.1, 0.15) is 5.58 Å². The fraction of sp³-hybridized carbons (Fsp3) is 0.474. The molecule has 0 amide bonds. The van der Waals surface area contributed by atoms with Crippen LogP contribution >= 0.6 is 7.92 Å². The first-order valence-electron chi connectivity index (χ1n) is 16.3. The maximum absolute atomic E-state index is 5.54. The molecule has 3 aromatic carbocycles. The van der Waals surface area contributed by atoms with Crippen molar-refractivity contribution in [2.75, 3.05) is 5.32 Å². The smallest absolute Gasteiger partial charge is 0.130 e. The van der Waals surface area contributed by atoms with Crippen LogP contribution < -0.4 is 5.32 Å². The minimum Gasteiger partial charge on any atom is -0.340 e. The summed E-state index contributed by atoms with van der Waals surface area (Å²) in [6, 6.07) is 21.9. The Morgan fingerprint density at radius 1 is 0.667 bits per heavy atom. The van der Waals surface area contributed by atoms with Crippen molar-refractivity contribution < 1.29 is 0 Å². The maximum atomic E-state index is 5.54. The van der Waals surface area contributed by atoms with Crippen LogP contribution in [0.25, 0.3) is 0 Å². The third kappa shape index (κ3) is 7.78. The molecule has 3 aromatic rings. The van der Waals surface area contributed by atoms with Crippen LogP contribution in [-0.4, -0.2) is 22.6 Å². The summed E-state index contributed by atoms with van der Waals surface area (Å²) in [6.07, 6.45) is 14.6. The van der Waals surface area contributed by atoms with E-state index in [1.165, 1.54) is 97.6 Å². The molecule has 1 N–H and O–H groups in total. The predicted octanol–water partition coefficient (Wildman–Crippen LogP) is 11.5. The number of aryl methyl sites for hydroxylation is 4. The summed E-state index contributed by atoms with van der Waals surface area (Å²) in [5.41, 5.74) is 13.9. The van der Waals surface area contributed by atoms with Crippen LogP contribution in [0.1, 0.15) is 98.9 Å². The van der Waals surface area contributed by atoms with Crippen LogP contribution in [0, 0.1) is 27.7 Å². The number of hydrogen-bond donors (Lipinski definition) is 1. The Morgan fingerprint density at radius 2 is 1.17 bits per heavy atom. The van der Waals surface area contributed by atoms with Gasteiger partial charge in [-0.1, -0.05) is 74.9 Å². The van der Waals surface area contributed by atoms with Crippen molar-refractivity contribution in [1.29, 1.82) is 0 Å². The lowest BCUT2D eigenvalue weighted by molar-refractivity contribution is 0.487. The Kier molecular flexibility index (Phi) is 10.7. The highest BCUT2D eigenvalue weighted by atomic mass is 31.1. The van der Waals surface area contributed by atoms with Gasteiger partial charge in [0, 0.05) is 17.8 Å². The molecular weight excluding hydrogens is 529 g/mol. The monoisotopic (exact) mass is 579 g/mol. The number of benzene rings is 3. The molecule has 0 spiro atoms. The van der Waals surface area contributed by atoms with Gasteiger partial charge in [0.15, 0.2) is 0 Å². The summed E-state index contributed by atoms with van der Waals surface area (Å²) in [5.74, 6) is 0. The Balaban J connectivity index is 1.44. The molecule has 2 fully saturated rings. The normalized spacial score (nSPS) is 17.6. The van der Waals surface area contributed by atoms with Crippen molar-refractivity contribution in [2.45, 2.75) is 117 Å². The Labute approximate surface area is 256 Å². The second kappa shape index (κ2) is 14.6. The summed E-state index contributed by atoms with van der Waals surface area (Å²) >= 11 is 0. The average molecular weight is 580 g/mol. The van der Waals surface area contributed by atoms with Gasteiger partial charge in [0.05, 0.1) is 11.4 Å². The largest absolute Gasteiger partial charge is 0.340 e. The lowest BCUT2D eigenvalue weighted by Gasteiger charge is -2.39. The second-order valence-corrected chi connectivity index (χ2v) is 15.4. The van der Waals surface area contributed by atoms with Crippen LogP contribution in [0.5, 0.6) is 0 Å². The zero-order valence-electron chi connectivity index (χ0n) is 26.5. The van der Waals surface area contributed by atoms with Gasteiger partial charge >= 0.3 is 0 Å². The van der Waals surface area contributed by atoms with Crippen LogP contribution in [-0.2, 0) is 6.42 Å². The molecule has 0 saturated heterocycles. The van der Waals surface area contributed by atoms with E-state index in [0.29, 0.717) is 0 Å². The molecule has 0 aliphatic heterocycles. The number of rotatable bonds is 8. The minimum atomic E-state index is -0.378. The number of hydrogen-bond acceptors (Lipinski definition) is 2. The number of anilines is 1. The van der Waals surface area contributed by atoms with E-state index in [1.54, 1.807) is 0 Å². The van der Waals surface area contributed by atoms with E-state index in [4.69, 9.17) is 9.98 Å². The van der Waals surface area contributed by atoms with Gasteiger partial charge in [-0.25, -0.2) is 4.99 Å². The highest BCUT2D eigenvalue weighted by Crippen LogP contribution is 2.57. The first-order valence-corrected chi connectivity index (χ1v) is 17.8. The lowest BCUT2D eigenvalue weighted by atomic mass is 9.98. The highest BCUT2D eigenvalue weighted by molar-refractivity contribution is 7.76. The molecule has 0 radical (unpaired) electrons. The van der Waals surface area contributed by atoms with E-state index >= 15 is 0 Å². The quantitative estimate of drug-likeness (QED) is 0.161. The third-order valence-corrected chi connectivity index (χ3v) is 12.7. The van der Waals surface area contributed by atoms with Gasteiger partial charge in [-0.2, -0.15) is 0 Å². The molecule has 222 valence electrons. The second-order valence-electron chi connectivity index (χ2n) is 12.7. The Morgan fingerprint density at radius 3 is 1.69 bits per heavy atom. The molecular formula is C38H50N3P. The number of nitrogens with zero attached hydrogens (tertiary/aromatic N) is 2. The molecule has 4 heteroatoms. The van der Waals surface area contributed by atoms with Crippen LogP contribution in [0.4, 0.5) is 17.1 Å². The van der Waals surface area contributed by atoms with E-state index in [9.17, 15) is 0 Å². The topological polar surface area (TPSA) is 36.8 Å². The third-order valence-electron chi connectivity index (χ3n) is 9.36. The van der Waals surface area contributed by atoms with Gasteiger partial charge in [0.25, 0.3) is 0 Å². The van der Waals surface area contributed by atoms with Crippen LogP contribution in [0.3, 0.4) is 0 Å². The van der Waals surface area contributed by atoms with E-state index in [2.05, 4.69) is 101 Å². The van der Waals surface area contributed by atoms with E-state index in [1.807, 2.05) is 0 Å². The van der Waals surface area contributed by atoms with Crippen LogP contribution in [0.2, 0.25) is 0 Å². The SMILES string of the molecule is CC(Cc1c(C)cccc1C)=Nc1ccc(NC(=Nc2c(C)cccc2C)P(C2CCCCC2)C2CCCCC2)cc1. The van der Waals surface area contributed by atoms with Crippen molar-refractivity contribution >= 4 is 36.3 Å². The van der Waals surface area contributed by atoms with Gasteiger partial charge < -0.3 is 5.32 Å². The molecule has 2 saturated carbocycles. The molecule has 2 aliphatic rings. The summed E-state index contributed by atoms with van der Waals surface area (Å²) in [5, 5.41) is 3.94. The molecule has 0 atom stereocenters. The first kappa shape index (κ1) is 30.7. The van der Waals surface area contributed by atoms with Gasteiger partial charge in [0.2, 0.25) is 0 Å². The number of amidine groups is 1. The molecule has 0 aromatic heterocycles. The number of nitrogens with one attached hydrogen (secondary N) is 1. The maximum Gasteiger partial charge on any atom is 0.130 e. The van der Waals surface area contributed by atoms with Gasteiger partial charge in [-0.3, -0.25) is 4.99 Å². The Bertz CT molecular complexity index is 1330. The molecule has 2 aliphatic carbocycles. The molecule has 0 unspecified atom stereocenters.